The minimum atomic E-state index is -1.61. The predicted octanol–water partition coefficient (Wildman–Crippen LogP) is 3.14. The number of halogens is 3. The van der Waals surface area contributed by atoms with Crippen molar-refractivity contribution in [3.63, 3.8) is 0 Å². The first-order chi connectivity index (χ1) is 17.1. The number of ketones is 1. The number of hydrogen-bond donors (Lipinski definition) is 2. The minimum Gasteiger partial charge on any atom is -0.481 e. The number of carbonyl (C=O) groups is 4. The Labute approximate surface area is 207 Å². The van der Waals surface area contributed by atoms with Crippen LogP contribution in [0.25, 0.3) is 0 Å². The normalized spacial score (nSPS) is 17.9. The molecule has 0 spiro atoms. The fraction of sp³-hybridized carbons (Fsp3) is 0.600. The maximum absolute atomic E-state index is 14.1. The van der Waals surface area contributed by atoms with Crippen LogP contribution in [0.3, 0.4) is 0 Å². The van der Waals surface area contributed by atoms with Gasteiger partial charge in [-0.1, -0.05) is 19.3 Å². The predicted molar refractivity (Wildman–Crippen MR) is 122 cm³/mol. The molecule has 0 radical (unpaired) electrons. The molecular formula is C25H31F3N2O6. The van der Waals surface area contributed by atoms with Gasteiger partial charge in [-0.3, -0.25) is 19.2 Å². The minimum absolute atomic E-state index is 0.0262. The Balaban J connectivity index is 1.57. The van der Waals surface area contributed by atoms with Crippen LogP contribution in [-0.2, 0) is 19.2 Å². The number of aliphatic carboxylic acids is 1. The summed E-state index contributed by atoms with van der Waals surface area (Å²) in [5.41, 5.74) is -0.236. The van der Waals surface area contributed by atoms with Crippen molar-refractivity contribution < 1.29 is 42.2 Å². The Morgan fingerprint density at radius 3 is 2.28 bits per heavy atom. The van der Waals surface area contributed by atoms with Gasteiger partial charge in [-0.05, 0) is 44.2 Å². The van der Waals surface area contributed by atoms with Gasteiger partial charge in [0.1, 0.15) is 12.6 Å². The van der Waals surface area contributed by atoms with Crippen molar-refractivity contribution in [2.75, 3.05) is 19.7 Å². The largest absolute Gasteiger partial charge is 0.481 e. The lowest BCUT2D eigenvalue weighted by atomic mass is 9.87. The smallest absolute Gasteiger partial charge is 0.305 e. The summed E-state index contributed by atoms with van der Waals surface area (Å²) in [5, 5.41) is 11.6. The van der Waals surface area contributed by atoms with Crippen molar-refractivity contribution in [2.45, 2.75) is 64.3 Å². The summed E-state index contributed by atoms with van der Waals surface area (Å²) in [6, 6.07) is -0.862. The van der Waals surface area contributed by atoms with E-state index in [2.05, 4.69) is 5.32 Å². The molecule has 2 amide bonds. The average Bonchev–Trinajstić information content (AvgIpc) is 2.86. The van der Waals surface area contributed by atoms with E-state index in [9.17, 15) is 32.3 Å². The highest BCUT2D eigenvalue weighted by Gasteiger charge is 2.33. The van der Waals surface area contributed by atoms with Crippen LogP contribution in [0.4, 0.5) is 13.2 Å². The second-order valence-electron chi connectivity index (χ2n) is 9.48. The van der Waals surface area contributed by atoms with E-state index in [1.54, 1.807) is 4.90 Å². The zero-order valence-corrected chi connectivity index (χ0v) is 20.2. The fourth-order valence-corrected chi connectivity index (χ4v) is 4.75. The molecule has 198 valence electrons. The monoisotopic (exact) mass is 512 g/mol. The number of ether oxygens (including phenoxy) is 1. The Kier molecular flexibility index (Phi) is 9.33. The molecule has 1 saturated carbocycles. The van der Waals surface area contributed by atoms with Crippen LogP contribution < -0.4 is 10.1 Å². The highest BCUT2D eigenvalue weighted by atomic mass is 19.2. The Morgan fingerprint density at radius 2 is 1.67 bits per heavy atom. The van der Waals surface area contributed by atoms with E-state index in [-0.39, 0.29) is 17.4 Å². The first kappa shape index (κ1) is 27.5. The van der Waals surface area contributed by atoms with E-state index in [1.165, 1.54) is 6.92 Å². The lowest BCUT2D eigenvalue weighted by Gasteiger charge is -2.35. The second kappa shape index (κ2) is 12.2. The number of aryl methyl sites for hydroxylation is 1. The molecule has 8 nitrogen and oxygen atoms in total. The molecule has 1 aromatic rings. The summed E-state index contributed by atoms with van der Waals surface area (Å²) in [6.07, 6.45) is 4.94. The third-order valence-electron chi connectivity index (χ3n) is 6.87. The summed E-state index contributed by atoms with van der Waals surface area (Å²) < 4.78 is 46.5. The van der Waals surface area contributed by atoms with Gasteiger partial charge in [0, 0.05) is 24.9 Å². The van der Waals surface area contributed by atoms with Crippen molar-refractivity contribution in [2.24, 2.45) is 11.8 Å². The van der Waals surface area contributed by atoms with Crippen LogP contribution in [0, 0.1) is 36.2 Å². The number of hydrogen-bond acceptors (Lipinski definition) is 5. The van der Waals surface area contributed by atoms with E-state index in [1.807, 2.05) is 0 Å². The maximum atomic E-state index is 14.1. The Hall–Kier alpha value is -3.11. The first-order valence-corrected chi connectivity index (χ1v) is 12.2. The van der Waals surface area contributed by atoms with Gasteiger partial charge < -0.3 is 20.1 Å². The number of carbonyl (C=O) groups excluding carboxylic acids is 3. The van der Waals surface area contributed by atoms with Crippen molar-refractivity contribution in [1.29, 1.82) is 0 Å². The SMILES string of the molecule is Cc1cc(F)c(F)c(OCC(=O)[C@H](CC(=O)O)NC(=O)C2CCN(C(=O)C3CCCCC3)CC2)c1F. The summed E-state index contributed by atoms with van der Waals surface area (Å²) in [6.45, 7) is 1.01. The molecule has 36 heavy (non-hydrogen) atoms. The van der Waals surface area contributed by atoms with Crippen LogP contribution in [0.2, 0.25) is 0 Å². The molecule has 0 unspecified atom stereocenters. The molecule has 1 atom stereocenters. The second-order valence-corrected chi connectivity index (χ2v) is 9.48. The van der Waals surface area contributed by atoms with E-state index < -0.39 is 65.8 Å². The highest BCUT2D eigenvalue weighted by Crippen LogP contribution is 2.28. The first-order valence-electron chi connectivity index (χ1n) is 12.2. The zero-order valence-electron chi connectivity index (χ0n) is 20.2. The Morgan fingerprint density at radius 1 is 1.03 bits per heavy atom. The molecule has 2 N–H and O–H groups in total. The lowest BCUT2D eigenvalue weighted by Crippen LogP contribution is -2.49. The van der Waals surface area contributed by atoms with Gasteiger partial charge in [-0.15, -0.1) is 0 Å². The van der Waals surface area contributed by atoms with E-state index in [0.717, 1.165) is 32.1 Å². The Bertz CT molecular complexity index is 978. The summed E-state index contributed by atoms with van der Waals surface area (Å²) in [7, 11) is 0. The van der Waals surface area contributed by atoms with Crippen LogP contribution in [0.5, 0.6) is 5.75 Å². The standard InChI is InChI=1S/C25H31F3N2O6/c1-14-11-17(26)22(28)23(21(14)27)36-13-19(31)18(12-20(32)33)29-24(34)15-7-9-30(10-8-15)25(35)16-5-3-2-4-6-16/h11,15-16,18H,2-10,12-13H2,1H3,(H,29,34)(H,32,33)/t18-/m0/s1. The number of piperidine rings is 1. The average molecular weight is 513 g/mol. The van der Waals surface area contributed by atoms with Crippen molar-refractivity contribution in [3.8, 4) is 5.75 Å². The van der Waals surface area contributed by atoms with E-state index in [0.29, 0.717) is 32.0 Å². The van der Waals surface area contributed by atoms with Crippen LogP contribution in [-0.4, -0.2) is 59.3 Å². The molecule has 3 rings (SSSR count). The zero-order chi connectivity index (χ0) is 26.4. The van der Waals surface area contributed by atoms with Gasteiger partial charge in [0.25, 0.3) is 0 Å². The molecule has 2 fully saturated rings. The molecule has 2 aliphatic rings. The number of amides is 2. The summed E-state index contributed by atoms with van der Waals surface area (Å²) in [5.74, 6) is -8.48. The number of Topliss-reactive ketones (excluding diaryl/α,β-unsaturated/α-hetero) is 1. The quantitative estimate of drug-likeness (QED) is 0.492. The molecule has 1 saturated heterocycles. The molecule has 0 aromatic heterocycles. The molecular weight excluding hydrogens is 481 g/mol. The lowest BCUT2D eigenvalue weighted by molar-refractivity contribution is -0.142. The topological polar surface area (TPSA) is 113 Å². The molecule has 11 heteroatoms. The van der Waals surface area contributed by atoms with Crippen LogP contribution >= 0.6 is 0 Å². The number of benzene rings is 1. The number of rotatable bonds is 9. The van der Waals surface area contributed by atoms with E-state index >= 15 is 0 Å². The van der Waals surface area contributed by atoms with Gasteiger partial charge in [-0.2, -0.15) is 4.39 Å². The highest BCUT2D eigenvalue weighted by molar-refractivity contribution is 5.93. The van der Waals surface area contributed by atoms with Gasteiger partial charge in [-0.25, -0.2) is 8.78 Å². The van der Waals surface area contributed by atoms with Crippen molar-refractivity contribution in [3.05, 3.63) is 29.1 Å². The molecule has 1 aliphatic heterocycles. The summed E-state index contributed by atoms with van der Waals surface area (Å²) in [4.78, 5) is 51.1. The number of nitrogens with zero attached hydrogens (tertiary/aromatic N) is 1. The van der Waals surface area contributed by atoms with Crippen LogP contribution in [0.1, 0.15) is 56.9 Å². The van der Waals surface area contributed by atoms with Crippen LogP contribution in [0.15, 0.2) is 6.07 Å². The molecule has 1 heterocycles. The van der Waals surface area contributed by atoms with Gasteiger partial charge in [0.15, 0.2) is 23.2 Å². The maximum Gasteiger partial charge on any atom is 0.305 e. The third kappa shape index (κ3) is 6.76. The fourth-order valence-electron chi connectivity index (χ4n) is 4.75. The number of nitrogens with one attached hydrogen (secondary N) is 1. The molecule has 0 bridgehead atoms. The molecule has 1 aromatic carbocycles. The number of carboxylic acid groups (broad SMARTS) is 1. The molecule has 1 aliphatic carbocycles. The summed E-state index contributed by atoms with van der Waals surface area (Å²) >= 11 is 0. The number of carboxylic acids is 1. The van der Waals surface area contributed by atoms with Gasteiger partial charge in [0.2, 0.25) is 17.6 Å². The third-order valence-corrected chi connectivity index (χ3v) is 6.87. The van der Waals surface area contributed by atoms with Gasteiger partial charge in [0.05, 0.1) is 6.42 Å². The van der Waals surface area contributed by atoms with Crippen molar-refractivity contribution >= 4 is 23.6 Å². The number of likely N-dealkylation sites (tertiary alicyclic amines) is 1. The van der Waals surface area contributed by atoms with Crippen molar-refractivity contribution in [1.82, 2.24) is 10.2 Å². The van der Waals surface area contributed by atoms with E-state index in [4.69, 9.17) is 9.84 Å². The van der Waals surface area contributed by atoms with Gasteiger partial charge >= 0.3 is 5.97 Å².